The highest BCUT2D eigenvalue weighted by atomic mass is 35.5. The maximum Gasteiger partial charge on any atom is 0.284 e. The van der Waals surface area contributed by atoms with Crippen LogP contribution in [0.25, 0.3) is 21.7 Å². The molecule has 0 saturated carbocycles. The van der Waals surface area contributed by atoms with Gasteiger partial charge in [0.05, 0.1) is 15.5 Å². The number of carbonyl (C=O) groups is 1. The minimum atomic E-state index is -3.35. The number of hydrogen-bond acceptors (Lipinski definition) is 5. The summed E-state index contributed by atoms with van der Waals surface area (Å²) in [6, 6.07) is 18.8. The second-order valence-electron chi connectivity index (χ2n) is 6.96. The van der Waals surface area contributed by atoms with Crippen molar-refractivity contribution in [3.05, 3.63) is 88.6 Å². The van der Waals surface area contributed by atoms with Crippen LogP contribution in [0.1, 0.15) is 9.80 Å². The van der Waals surface area contributed by atoms with Crippen molar-refractivity contribution in [3.8, 4) is 21.7 Å². The van der Waals surface area contributed by atoms with Crippen LogP contribution < -0.4 is 5.32 Å². The third kappa shape index (κ3) is 4.88. The molecule has 0 aliphatic rings. The molecule has 0 aliphatic carbocycles. The largest absolute Gasteiger partial charge is 0.320 e. The Morgan fingerprint density at radius 1 is 0.938 bits per heavy atom. The van der Waals surface area contributed by atoms with Gasteiger partial charge in [0.25, 0.3) is 5.91 Å². The van der Waals surface area contributed by atoms with Crippen LogP contribution in [0.5, 0.6) is 0 Å². The number of halogens is 2. The first kappa shape index (κ1) is 22.1. The van der Waals surface area contributed by atoms with Crippen LogP contribution in [0.2, 0.25) is 5.02 Å². The maximum atomic E-state index is 13.4. The molecule has 4 aromatic rings. The molecular formula is C23H16ClFN2O3S2. The van der Waals surface area contributed by atoms with Crippen LogP contribution in [0, 0.1) is 5.82 Å². The third-order valence-corrected chi connectivity index (χ3v) is 7.07. The van der Waals surface area contributed by atoms with E-state index in [1.165, 1.54) is 24.3 Å². The van der Waals surface area contributed by atoms with E-state index < -0.39 is 15.7 Å². The molecule has 32 heavy (non-hydrogen) atoms. The van der Waals surface area contributed by atoms with Gasteiger partial charge in [0, 0.05) is 22.5 Å². The molecule has 1 heterocycles. The summed E-state index contributed by atoms with van der Waals surface area (Å²) in [5, 5.41) is 3.54. The Labute approximate surface area is 193 Å². The molecule has 1 aromatic heterocycles. The van der Waals surface area contributed by atoms with Gasteiger partial charge in [-0.25, -0.2) is 17.8 Å². The maximum absolute atomic E-state index is 13.4. The zero-order valence-corrected chi connectivity index (χ0v) is 19.1. The zero-order valence-electron chi connectivity index (χ0n) is 16.7. The van der Waals surface area contributed by atoms with Gasteiger partial charge in [0.2, 0.25) is 0 Å². The third-order valence-electron chi connectivity index (χ3n) is 4.59. The second-order valence-corrected chi connectivity index (χ2v) is 10.4. The minimum absolute atomic E-state index is 0.181. The molecule has 0 spiro atoms. The number of thiazole rings is 1. The Kier molecular flexibility index (Phi) is 6.10. The Morgan fingerprint density at radius 2 is 1.53 bits per heavy atom. The smallest absolute Gasteiger partial charge is 0.284 e. The number of amides is 1. The fraction of sp³-hybridized carbons (Fsp3) is 0.0435. The first-order valence-electron chi connectivity index (χ1n) is 9.35. The number of sulfone groups is 1. The molecule has 1 N–H and O–H groups in total. The van der Waals surface area contributed by atoms with E-state index in [2.05, 4.69) is 10.3 Å². The van der Waals surface area contributed by atoms with E-state index in [4.69, 9.17) is 11.6 Å². The average molecular weight is 487 g/mol. The molecule has 1 amide bonds. The molecule has 0 saturated heterocycles. The van der Waals surface area contributed by atoms with Crippen LogP contribution in [-0.4, -0.2) is 25.6 Å². The van der Waals surface area contributed by atoms with E-state index in [1.807, 2.05) is 0 Å². The number of nitrogens with zero attached hydrogens (tertiary/aromatic N) is 1. The summed E-state index contributed by atoms with van der Waals surface area (Å²) in [5.41, 5.74) is 2.40. The Hall–Kier alpha value is -3.07. The summed E-state index contributed by atoms with van der Waals surface area (Å²) in [4.78, 5) is 18.2. The molecule has 5 nitrogen and oxygen atoms in total. The van der Waals surface area contributed by atoms with E-state index in [0.29, 0.717) is 32.4 Å². The average Bonchev–Trinajstić information content (AvgIpc) is 3.21. The SMILES string of the molecule is CS(=O)(=O)c1ccc(-c2nc(C(=O)Nc3ccc(Cl)cc3)sc2-c2ccc(F)cc2)cc1. The van der Waals surface area contributed by atoms with Crippen molar-refractivity contribution in [3.63, 3.8) is 0 Å². The lowest BCUT2D eigenvalue weighted by Gasteiger charge is -2.04. The zero-order chi connectivity index (χ0) is 22.9. The number of anilines is 1. The van der Waals surface area contributed by atoms with Crippen molar-refractivity contribution in [2.75, 3.05) is 11.6 Å². The molecule has 3 aromatic carbocycles. The lowest BCUT2D eigenvalue weighted by molar-refractivity contribution is 0.102. The van der Waals surface area contributed by atoms with E-state index in [1.54, 1.807) is 48.5 Å². The summed E-state index contributed by atoms with van der Waals surface area (Å²) >= 11 is 7.05. The van der Waals surface area contributed by atoms with Gasteiger partial charge in [-0.2, -0.15) is 0 Å². The first-order chi connectivity index (χ1) is 15.2. The standard InChI is InChI=1S/C23H16ClFN2O3S2/c1-32(29,30)19-12-4-14(5-13-19)20-21(15-2-8-17(25)9-3-15)31-23(27-20)22(28)26-18-10-6-16(24)7-11-18/h2-13H,1H3,(H,26,28). The quantitative estimate of drug-likeness (QED) is 0.379. The van der Waals surface area contributed by atoms with E-state index in [-0.39, 0.29) is 15.7 Å². The van der Waals surface area contributed by atoms with Crippen molar-refractivity contribution < 1.29 is 17.6 Å². The highest BCUT2D eigenvalue weighted by Crippen LogP contribution is 2.37. The molecule has 4 rings (SSSR count). The lowest BCUT2D eigenvalue weighted by Crippen LogP contribution is -2.11. The predicted molar refractivity (Wildman–Crippen MR) is 125 cm³/mol. The summed E-state index contributed by atoms with van der Waals surface area (Å²) in [5.74, 6) is -0.780. The van der Waals surface area contributed by atoms with Gasteiger partial charge >= 0.3 is 0 Å². The highest BCUT2D eigenvalue weighted by molar-refractivity contribution is 7.90. The summed E-state index contributed by atoms with van der Waals surface area (Å²) in [6.07, 6.45) is 1.13. The fourth-order valence-corrected chi connectivity index (χ4v) is 4.73. The second kappa shape index (κ2) is 8.82. The van der Waals surface area contributed by atoms with Crippen molar-refractivity contribution in [1.29, 1.82) is 0 Å². The number of benzene rings is 3. The Balaban J connectivity index is 1.75. The Morgan fingerprint density at radius 3 is 2.12 bits per heavy atom. The monoisotopic (exact) mass is 486 g/mol. The van der Waals surface area contributed by atoms with Crippen LogP contribution in [0.3, 0.4) is 0 Å². The van der Waals surface area contributed by atoms with Gasteiger partial charge in [-0.15, -0.1) is 11.3 Å². The van der Waals surface area contributed by atoms with Crippen molar-refractivity contribution >= 4 is 44.4 Å². The molecule has 0 aliphatic heterocycles. The number of rotatable bonds is 5. The van der Waals surface area contributed by atoms with Crippen molar-refractivity contribution in [2.45, 2.75) is 4.90 Å². The van der Waals surface area contributed by atoms with Gasteiger partial charge in [-0.3, -0.25) is 4.79 Å². The highest BCUT2D eigenvalue weighted by Gasteiger charge is 2.20. The summed E-state index contributed by atoms with van der Waals surface area (Å²) < 4.78 is 37.0. The normalized spacial score (nSPS) is 11.3. The van der Waals surface area contributed by atoms with Gasteiger partial charge in [0.15, 0.2) is 14.8 Å². The van der Waals surface area contributed by atoms with Crippen molar-refractivity contribution in [1.82, 2.24) is 4.98 Å². The lowest BCUT2D eigenvalue weighted by atomic mass is 10.1. The molecule has 0 radical (unpaired) electrons. The van der Waals surface area contributed by atoms with Gasteiger partial charge < -0.3 is 5.32 Å². The van der Waals surface area contributed by atoms with Gasteiger partial charge in [-0.1, -0.05) is 35.9 Å². The predicted octanol–water partition coefficient (Wildman–Crippen LogP) is 5.93. The van der Waals surface area contributed by atoms with E-state index in [9.17, 15) is 17.6 Å². The first-order valence-corrected chi connectivity index (χ1v) is 12.4. The summed E-state index contributed by atoms with van der Waals surface area (Å²) in [7, 11) is -3.35. The van der Waals surface area contributed by atoms with E-state index >= 15 is 0 Å². The van der Waals surface area contributed by atoms with Crippen LogP contribution >= 0.6 is 22.9 Å². The molecule has 9 heteroatoms. The topological polar surface area (TPSA) is 76.1 Å². The molecular weight excluding hydrogens is 471 g/mol. The molecule has 162 valence electrons. The van der Waals surface area contributed by atoms with E-state index in [0.717, 1.165) is 17.6 Å². The van der Waals surface area contributed by atoms with Crippen molar-refractivity contribution in [2.24, 2.45) is 0 Å². The number of aromatic nitrogens is 1. The van der Waals surface area contributed by atoms with Crippen LogP contribution in [-0.2, 0) is 9.84 Å². The molecule has 0 fully saturated rings. The number of nitrogens with one attached hydrogen (secondary N) is 1. The molecule has 0 atom stereocenters. The fourth-order valence-electron chi connectivity index (χ4n) is 2.99. The van der Waals surface area contributed by atoms with Gasteiger partial charge in [0.1, 0.15) is 5.82 Å². The minimum Gasteiger partial charge on any atom is -0.320 e. The number of carbonyl (C=O) groups excluding carboxylic acids is 1. The van der Waals surface area contributed by atoms with Crippen LogP contribution in [0.4, 0.5) is 10.1 Å². The summed E-state index contributed by atoms with van der Waals surface area (Å²) in [6.45, 7) is 0. The van der Waals surface area contributed by atoms with Gasteiger partial charge in [-0.05, 0) is 54.1 Å². The molecule has 0 unspecified atom stereocenters. The molecule has 0 bridgehead atoms. The Bertz CT molecular complexity index is 1380. The number of hydrogen-bond donors (Lipinski definition) is 1. The van der Waals surface area contributed by atoms with Crippen LogP contribution in [0.15, 0.2) is 77.7 Å².